The highest BCUT2D eigenvalue weighted by Gasteiger charge is 2.38. The van der Waals surface area contributed by atoms with Gasteiger partial charge in [-0.3, -0.25) is 34.4 Å². The average Bonchev–Trinajstić information content (AvgIpc) is 0.952. The van der Waals surface area contributed by atoms with Gasteiger partial charge in [-0.2, -0.15) is 18.3 Å². The van der Waals surface area contributed by atoms with Crippen LogP contribution in [0.15, 0.2) is 257 Å². The summed E-state index contributed by atoms with van der Waals surface area (Å²) in [7, 11) is 18.8. The van der Waals surface area contributed by atoms with Crippen molar-refractivity contribution in [2.24, 2.45) is 21.1 Å². The van der Waals surface area contributed by atoms with Crippen LogP contribution in [-0.4, -0.2) is 196 Å². The molecular formula is C106H105ClF3N23O11. The molecule has 0 spiro atoms. The Hall–Kier alpha value is -17.6. The Morgan fingerprint density at radius 3 is 1.12 bits per heavy atom. The van der Waals surface area contributed by atoms with Crippen LogP contribution in [0.2, 0.25) is 5.15 Å². The van der Waals surface area contributed by atoms with E-state index in [4.69, 9.17) is 74.5 Å². The molecule has 0 saturated carbocycles. The van der Waals surface area contributed by atoms with E-state index < -0.39 is 18.2 Å². The summed E-state index contributed by atoms with van der Waals surface area (Å²) in [5.41, 5.74) is 21.3. The van der Waals surface area contributed by atoms with Gasteiger partial charge in [0.2, 0.25) is 0 Å². The number of nitrogens with zero attached hydrogens (tertiary/aromatic N) is 20. The first kappa shape index (κ1) is 101. The fourth-order valence-corrected chi connectivity index (χ4v) is 15.6. The second-order valence-electron chi connectivity index (χ2n) is 33.2. The Bertz CT molecular complexity index is 7540. The number of alkyl halides is 3. The predicted molar refractivity (Wildman–Crippen MR) is 550 cm³/mol. The Balaban J connectivity index is 0.000000145. The number of nitrogens with one attached hydrogen (secondary N) is 3. The van der Waals surface area contributed by atoms with Gasteiger partial charge in [-0.1, -0.05) is 17.5 Å². The molecule has 38 heteroatoms. The first-order valence-corrected chi connectivity index (χ1v) is 45.8. The second kappa shape index (κ2) is 46.5. The Labute approximate surface area is 833 Å². The summed E-state index contributed by atoms with van der Waals surface area (Å²) < 4.78 is 89.4. The van der Waals surface area contributed by atoms with Crippen molar-refractivity contribution in [3.05, 3.63) is 279 Å². The van der Waals surface area contributed by atoms with E-state index in [9.17, 15) is 22.8 Å². The topological polar surface area (TPSA) is 355 Å². The fraction of sp³-hybridized carbons (Fsp3) is 0.226. The molecule has 0 radical (unpaired) electrons. The van der Waals surface area contributed by atoms with Crippen molar-refractivity contribution < 1.29 is 65.8 Å². The zero-order valence-electron chi connectivity index (χ0n) is 81.5. The first-order valence-electron chi connectivity index (χ1n) is 45.4. The lowest BCUT2D eigenvalue weighted by Crippen LogP contribution is -2.38. The molecule has 18 aromatic rings. The largest absolute Gasteiger partial charge is 0.497 e. The number of aromatic amines is 1. The van der Waals surface area contributed by atoms with Gasteiger partial charge in [0.25, 0.3) is 0 Å². The second-order valence-corrected chi connectivity index (χ2v) is 33.6. The van der Waals surface area contributed by atoms with E-state index in [0.29, 0.717) is 112 Å². The van der Waals surface area contributed by atoms with Crippen molar-refractivity contribution >= 4 is 113 Å². The number of ether oxygens (including phenoxy) is 8. The molecular weight excluding hydrogens is 1860 g/mol. The van der Waals surface area contributed by atoms with Crippen LogP contribution in [0.4, 0.5) is 63.5 Å². The molecule has 10 heterocycles. The number of hydrogen-bond donors (Lipinski definition) is 4. The number of methoxy groups -OCH3 is 8. The van der Waals surface area contributed by atoms with Gasteiger partial charge in [0.05, 0.1) is 180 Å². The van der Waals surface area contributed by atoms with Crippen LogP contribution in [0.3, 0.4) is 0 Å². The lowest BCUT2D eigenvalue weighted by atomic mass is 10.1. The van der Waals surface area contributed by atoms with Gasteiger partial charge in [-0.25, -0.2) is 34.7 Å². The number of benzene rings is 8. The number of imidazole rings is 1. The quantitative estimate of drug-likeness (QED) is 0.0225. The van der Waals surface area contributed by atoms with Crippen molar-refractivity contribution in [3.63, 3.8) is 0 Å². The molecule has 144 heavy (non-hydrogen) atoms. The van der Waals surface area contributed by atoms with Gasteiger partial charge in [0.15, 0.2) is 0 Å². The summed E-state index contributed by atoms with van der Waals surface area (Å²) >= 11 is 5.96. The van der Waals surface area contributed by atoms with Gasteiger partial charge >= 0.3 is 18.2 Å². The lowest BCUT2D eigenvalue weighted by molar-refractivity contribution is -0.173. The smallest absolute Gasteiger partial charge is 0.471 e. The molecule has 0 saturated heterocycles. The summed E-state index contributed by atoms with van der Waals surface area (Å²) in [5.74, 6) is 10.3. The normalized spacial score (nSPS) is 11.0. The summed E-state index contributed by atoms with van der Waals surface area (Å²) in [6.45, 7) is 7.96. The molecule has 0 aliphatic rings. The minimum atomic E-state index is -4.93. The van der Waals surface area contributed by atoms with Gasteiger partial charge in [0, 0.05) is 249 Å². The summed E-state index contributed by atoms with van der Waals surface area (Å²) in [6, 6.07) is 52.2. The van der Waals surface area contributed by atoms with E-state index in [-0.39, 0.29) is 25.6 Å². The van der Waals surface area contributed by atoms with Gasteiger partial charge < -0.3 is 91.9 Å². The number of halogens is 4. The maximum Gasteiger partial charge on any atom is 0.471 e. The molecule has 0 atom stereocenters. The standard InChI is InChI=1S/C28H23ClN6O2.C27H29F3N6O3.C26H26N6O2.C25H27N5O4/c1-34-10-8-19(18-34)27-16-31-25-7-6-21(13-26(25)33-27)35(9-4-5-20-15-30-17-28(29)32-20)22-11-23(36-2)14-24(12-22)37-3;1-17(2)36-16-18(14-33-36)25-15-32-23-7-6-19(12-24(23)34-25)35(9-5-8-31-26(37)27(28,29)30)20-10-21(38-3)13-22(11-20)39-4;1-17-13-28-26(29-17)16-32(20-9-21(33-3)12-22(10-20)34-4)19-5-6-23-24(11-19)30-25(14-27-23)18-7-8-31(2)15-18;1-29-10-7-17(16-29)24-15-27-22-6-5-18(13-23(22)28-24)30(9-4-8-26-25(31)32)19-11-20(33-2)14-21(12-19)34-3/h6-8,10-18H,9H2,1-3H3;6-7,10-17H,5,8-9H2,1-4H3,(H,31,37);5-15H,16H2,1-4H3,(H,28,29);5-7,10-16,26H,4,8-9H2,1-3H3,(H,31,32). The number of rotatable bonds is 32. The number of fused-ring (bicyclic) bond motifs is 4. The molecule has 738 valence electrons. The van der Waals surface area contributed by atoms with Gasteiger partial charge in [-0.05, 0) is 131 Å². The third kappa shape index (κ3) is 25.7. The average molecular weight is 1970 g/mol. The molecule has 34 nitrogen and oxygen atoms in total. The van der Waals surface area contributed by atoms with E-state index in [1.54, 1.807) is 91.8 Å². The minimum absolute atomic E-state index is 0.159. The molecule has 10 aromatic heterocycles. The molecule has 0 unspecified atom stereocenters. The summed E-state index contributed by atoms with van der Waals surface area (Å²) in [6.07, 6.45) is 22.5. The molecule has 0 aliphatic heterocycles. The number of H-pyrrole nitrogens is 1. The van der Waals surface area contributed by atoms with E-state index in [2.05, 4.69) is 78.0 Å². The third-order valence-corrected chi connectivity index (χ3v) is 23.0. The highest BCUT2D eigenvalue weighted by atomic mass is 35.5. The maximum atomic E-state index is 12.6. The van der Waals surface area contributed by atoms with Crippen molar-refractivity contribution in [3.8, 4) is 103 Å². The van der Waals surface area contributed by atoms with Crippen LogP contribution in [0.1, 0.15) is 49.9 Å². The number of carbonyl (C=O) groups excluding carboxylic acids is 1. The highest BCUT2D eigenvalue weighted by molar-refractivity contribution is 6.29. The van der Waals surface area contributed by atoms with Crippen LogP contribution in [0, 0.1) is 18.8 Å². The number of carbonyl (C=O) groups is 2. The van der Waals surface area contributed by atoms with Gasteiger partial charge in [0.1, 0.15) is 62.7 Å². The SMILES string of the molecule is COc1cc(OC)cc(N(CC#Cc2cncc(Cl)n2)c2ccc3ncc(-c4ccn(C)c4)nc3c2)c1.COc1cc(OC)cc(N(CCCNC(=O)C(F)(F)F)c2ccc3ncc(-c4cnn(C(C)C)c4)nc3c2)c1.COc1cc(OC)cc(N(CCCNC(=O)O)c2ccc3ncc(-c4ccn(C)c4)nc3c2)c1.COc1cc(OC)cc(N(Cc2ncc(C)[nH]2)c2ccc3ncc(-c4ccn(C)c4)nc3c2)c1. The zero-order valence-corrected chi connectivity index (χ0v) is 82.2. The molecule has 8 aromatic carbocycles. The first-order chi connectivity index (χ1) is 69.6. The molecule has 18 rings (SSSR count). The Morgan fingerprint density at radius 2 is 0.785 bits per heavy atom. The molecule has 0 aliphatic carbocycles. The van der Waals surface area contributed by atoms with Crippen LogP contribution in [0.25, 0.3) is 89.2 Å². The third-order valence-electron chi connectivity index (χ3n) is 22.8. The monoisotopic (exact) mass is 1970 g/mol. The number of amides is 2. The van der Waals surface area contributed by atoms with E-state index >= 15 is 0 Å². The summed E-state index contributed by atoms with van der Waals surface area (Å²) in [4.78, 5) is 84.2. The molecule has 2 amide bonds. The molecule has 4 N–H and O–H groups in total. The Kier molecular flexibility index (Phi) is 32.6. The number of aryl methyl sites for hydroxylation is 4. The van der Waals surface area contributed by atoms with E-state index in [0.717, 1.165) is 124 Å². The molecule has 0 fully saturated rings. The Morgan fingerprint density at radius 1 is 0.424 bits per heavy atom. The summed E-state index contributed by atoms with van der Waals surface area (Å²) in [5, 5.41) is 17.9. The van der Waals surface area contributed by atoms with Crippen molar-refractivity contribution in [2.75, 3.05) is 109 Å². The lowest BCUT2D eigenvalue weighted by Gasteiger charge is -2.26. The van der Waals surface area contributed by atoms with Crippen LogP contribution < -0.4 is 68.1 Å². The van der Waals surface area contributed by atoms with Crippen molar-refractivity contribution in [2.45, 2.75) is 52.4 Å². The highest BCUT2D eigenvalue weighted by Crippen LogP contribution is 2.41. The minimum Gasteiger partial charge on any atom is -0.497 e. The van der Waals surface area contributed by atoms with Crippen LogP contribution >= 0.6 is 11.6 Å². The van der Waals surface area contributed by atoms with E-state index in [1.165, 1.54) is 20.4 Å². The number of hydrogen-bond acceptors (Lipinski definition) is 26. The van der Waals surface area contributed by atoms with Crippen molar-refractivity contribution in [1.29, 1.82) is 0 Å². The maximum absolute atomic E-state index is 12.6. The van der Waals surface area contributed by atoms with Crippen LogP contribution in [-0.2, 0) is 32.5 Å². The zero-order chi connectivity index (χ0) is 102. The van der Waals surface area contributed by atoms with Gasteiger partial charge in [-0.15, -0.1) is 0 Å². The number of carboxylic acid groups (broad SMARTS) is 1. The number of aromatic nitrogens is 17. The van der Waals surface area contributed by atoms with E-state index in [1.807, 2.05) is 271 Å². The fourth-order valence-electron chi connectivity index (χ4n) is 15.5. The van der Waals surface area contributed by atoms with Crippen molar-refractivity contribution in [1.82, 2.24) is 93.9 Å². The number of anilines is 8. The molecule has 0 bridgehead atoms. The predicted octanol–water partition coefficient (Wildman–Crippen LogP) is 20.1. The van der Waals surface area contributed by atoms with Crippen LogP contribution in [0.5, 0.6) is 46.0 Å².